The lowest BCUT2D eigenvalue weighted by Crippen LogP contribution is -1.85. The lowest BCUT2D eigenvalue weighted by molar-refractivity contribution is 0.474. The van der Waals surface area contributed by atoms with Crippen LogP contribution in [0, 0.1) is 18.3 Å². The van der Waals surface area contributed by atoms with Crippen molar-refractivity contribution in [2.24, 2.45) is 4.99 Å². The van der Waals surface area contributed by atoms with Gasteiger partial charge in [-0.05, 0) is 42.8 Å². The van der Waals surface area contributed by atoms with Crippen LogP contribution in [-0.2, 0) is 0 Å². The number of aryl methyl sites for hydroxylation is 1. The highest BCUT2D eigenvalue weighted by molar-refractivity contribution is 6.32. The molecule has 3 nitrogen and oxygen atoms in total. The Morgan fingerprint density at radius 2 is 2.11 bits per heavy atom. The summed E-state index contributed by atoms with van der Waals surface area (Å²) in [7, 11) is 0. The Hall–Kier alpha value is -2.31. The molecule has 0 aliphatic rings. The van der Waals surface area contributed by atoms with Gasteiger partial charge in [0.15, 0.2) is 0 Å². The van der Waals surface area contributed by atoms with Gasteiger partial charge in [0.1, 0.15) is 5.75 Å². The van der Waals surface area contributed by atoms with Gasteiger partial charge in [-0.15, -0.1) is 0 Å². The van der Waals surface area contributed by atoms with Crippen LogP contribution in [0.2, 0.25) is 5.02 Å². The van der Waals surface area contributed by atoms with Crippen LogP contribution in [-0.4, -0.2) is 11.3 Å². The van der Waals surface area contributed by atoms with Crippen LogP contribution in [0.3, 0.4) is 0 Å². The molecule has 2 aromatic carbocycles. The highest BCUT2D eigenvalue weighted by Gasteiger charge is 2.04. The lowest BCUT2D eigenvalue weighted by atomic mass is 10.1. The second kappa shape index (κ2) is 5.55. The van der Waals surface area contributed by atoms with Crippen LogP contribution >= 0.6 is 11.6 Å². The largest absolute Gasteiger partial charge is 0.506 e. The molecule has 0 aromatic heterocycles. The first-order valence-electron chi connectivity index (χ1n) is 5.63. The lowest BCUT2D eigenvalue weighted by Gasteiger charge is -2.03. The van der Waals surface area contributed by atoms with Crippen LogP contribution in [0.1, 0.15) is 16.7 Å². The average Bonchev–Trinajstić information content (AvgIpc) is 2.41. The van der Waals surface area contributed by atoms with E-state index in [1.54, 1.807) is 36.4 Å². The molecule has 0 saturated heterocycles. The number of phenolic OH excluding ortho intramolecular Hbond substituents is 1. The van der Waals surface area contributed by atoms with Gasteiger partial charge in [0, 0.05) is 11.8 Å². The molecule has 0 radical (unpaired) electrons. The monoisotopic (exact) mass is 270 g/mol. The quantitative estimate of drug-likeness (QED) is 0.839. The summed E-state index contributed by atoms with van der Waals surface area (Å²) in [6.45, 7) is 1.89. The predicted molar refractivity (Wildman–Crippen MR) is 76.3 cm³/mol. The summed E-state index contributed by atoms with van der Waals surface area (Å²) in [6.07, 6.45) is 1.53. The molecule has 4 heteroatoms. The summed E-state index contributed by atoms with van der Waals surface area (Å²) in [5.41, 5.74) is 2.68. The number of nitriles is 1. The minimum Gasteiger partial charge on any atom is -0.506 e. The summed E-state index contributed by atoms with van der Waals surface area (Å²) in [5.74, 6) is 0.00690. The molecule has 0 unspecified atom stereocenters. The van der Waals surface area contributed by atoms with Gasteiger partial charge in [-0.3, -0.25) is 4.99 Å². The molecule has 0 amide bonds. The fraction of sp³-hybridized carbons (Fsp3) is 0.0667. The van der Waals surface area contributed by atoms with Crippen molar-refractivity contribution in [1.82, 2.24) is 0 Å². The van der Waals surface area contributed by atoms with E-state index < -0.39 is 0 Å². The third kappa shape index (κ3) is 3.12. The zero-order chi connectivity index (χ0) is 13.8. The predicted octanol–water partition coefficient (Wildman–Crippen LogP) is 3.98. The number of rotatable bonds is 2. The van der Waals surface area contributed by atoms with Crippen molar-refractivity contribution in [2.45, 2.75) is 6.92 Å². The molecule has 94 valence electrons. The van der Waals surface area contributed by atoms with Crippen LogP contribution in [0.25, 0.3) is 0 Å². The van der Waals surface area contributed by atoms with E-state index in [1.807, 2.05) is 6.92 Å². The minimum atomic E-state index is 0.00690. The molecule has 19 heavy (non-hydrogen) atoms. The van der Waals surface area contributed by atoms with E-state index >= 15 is 0 Å². The number of nitrogens with zero attached hydrogens (tertiary/aromatic N) is 2. The Balaban J connectivity index is 2.35. The van der Waals surface area contributed by atoms with Crippen LogP contribution in [0.4, 0.5) is 5.69 Å². The fourth-order valence-electron chi connectivity index (χ4n) is 1.66. The highest BCUT2D eigenvalue weighted by Crippen LogP contribution is 2.28. The summed E-state index contributed by atoms with van der Waals surface area (Å²) in [6, 6.07) is 12.4. The summed E-state index contributed by atoms with van der Waals surface area (Å²) >= 11 is 5.89. The Bertz CT molecular complexity index is 687. The van der Waals surface area contributed by atoms with Crippen molar-refractivity contribution >= 4 is 23.5 Å². The van der Waals surface area contributed by atoms with Gasteiger partial charge in [-0.2, -0.15) is 5.26 Å². The fourth-order valence-corrected chi connectivity index (χ4v) is 1.94. The third-order valence-corrected chi connectivity index (χ3v) is 2.85. The number of hydrogen-bond acceptors (Lipinski definition) is 3. The van der Waals surface area contributed by atoms with Crippen molar-refractivity contribution in [3.05, 3.63) is 58.1 Å². The first-order valence-corrected chi connectivity index (χ1v) is 6.01. The Morgan fingerprint density at radius 3 is 2.84 bits per heavy atom. The molecule has 0 spiro atoms. The Kier molecular flexibility index (Phi) is 3.84. The van der Waals surface area contributed by atoms with Crippen molar-refractivity contribution in [2.75, 3.05) is 0 Å². The van der Waals surface area contributed by atoms with Crippen molar-refractivity contribution in [1.29, 1.82) is 5.26 Å². The third-order valence-electron chi connectivity index (χ3n) is 2.57. The number of aromatic hydroxyl groups is 1. The topological polar surface area (TPSA) is 56.4 Å². The second-order valence-corrected chi connectivity index (χ2v) is 4.51. The maximum Gasteiger partial charge on any atom is 0.142 e. The van der Waals surface area contributed by atoms with Crippen molar-refractivity contribution < 1.29 is 5.11 Å². The van der Waals surface area contributed by atoms with E-state index in [9.17, 15) is 5.11 Å². The molecule has 0 aliphatic carbocycles. The number of halogens is 1. The number of aliphatic imine (C=N–C) groups is 1. The molecule has 1 N–H and O–H groups in total. The summed E-state index contributed by atoms with van der Waals surface area (Å²) in [5, 5.41) is 18.9. The summed E-state index contributed by atoms with van der Waals surface area (Å²) < 4.78 is 0. The maximum absolute atomic E-state index is 9.83. The Labute approximate surface area is 116 Å². The van der Waals surface area contributed by atoms with Gasteiger partial charge in [0.25, 0.3) is 0 Å². The van der Waals surface area contributed by atoms with E-state index in [1.165, 1.54) is 6.21 Å². The van der Waals surface area contributed by atoms with Gasteiger partial charge in [0.05, 0.1) is 22.3 Å². The van der Waals surface area contributed by atoms with Crippen LogP contribution in [0.15, 0.2) is 41.4 Å². The molecular formula is C15H11ClN2O. The van der Waals surface area contributed by atoms with Crippen molar-refractivity contribution in [3.8, 4) is 11.8 Å². The smallest absolute Gasteiger partial charge is 0.142 e. The maximum atomic E-state index is 9.83. The van der Waals surface area contributed by atoms with Crippen LogP contribution in [0.5, 0.6) is 5.75 Å². The van der Waals surface area contributed by atoms with Gasteiger partial charge in [-0.25, -0.2) is 0 Å². The van der Waals surface area contributed by atoms with Gasteiger partial charge in [0.2, 0.25) is 0 Å². The molecule has 0 bridgehead atoms. The molecular weight excluding hydrogens is 260 g/mol. The Morgan fingerprint density at radius 1 is 1.32 bits per heavy atom. The normalized spacial score (nSPS) is 10.6. The molecule has 0 fully saturated rings. The molecule has 0 atom stereocenters. The zero-order valence-corrected chi connectivity index (χ0v) is 11.0. The summed E-state index contributed by atoms with van der Waals surface area (Å²) in [4.78, 5) is 4.23. The minimum absolute atomic E-state index is 0.00690. The van der Waals surface area contributed by atoms with E-state index in [-0.39, 0.29) is 5.75 Å². The molecule has 2 rings (SSSR count). The van der Waals surface area contributed by atoms with Crippen molar-refractivity contribution in [3.63, 3.8) is 0 Å². The van der Waals surface area contributed by atoms with E-state index in [2.05, 4.69) is 11.1 Å². The average molecular weight is 271 g/mol. The highest BCUT2D eigenvalue weighted by atomic mass is 35.5. The first-order chi connectivity index (χ1) is 9.10. The molecule has 2 aromatic rings. The van der Waals surface area contributed by atoms with Gasteiger partial charge >= 0.3 is 0 Å². The first kappa shape index (κ1) is 13.1. The van der Waals surface area contributed by atoms with E-state index in [4.69, 9.17) is 16.9 Å². The molecule has 0 heterocycles. The molecule has 0 aliphatic heterocycles. The van der Waals surface area contributed by atoms with Crippen LogP contribution < -0.4 is 0 Å². The van der Waals surface area contributed by atoms with Gasteiger partial charge < -0.3 is 5.11 Å². The van der Waals surface area contributed by atoms with E-state index in [0.29, 0.717) is 21.8 Å². The van der Waals surface area contributed by atoms with Gasteiger partial charge in [-0.1, -0.05) is 17.7 Å². The zero-order valence-electron chi connectivity index (χ0n) is 10.3. The van der Waals surface area contributed by atoms with E-state index in [0.717, 1.165) is 5.56 Å². The number of benzene rings is 2. The SMILES string of the molecule is Cc1cc(Cl)c(O)c(/C=N/c2cccc(C#N)c2)c1. The standard InChI is InChI=1S/C15H11ClN2O/c1-10-5-12(15(19)14(16)6-10)9-18-13-4-2-3-11(7-13)8-17/h2-7,9,19H,1H3/b18-9+. The number of phenols is 1. The molecule has 0 saturated carbocycles. The second-order valence-electron chi connectivity index (χ2n) is 4.10. The number of hydrogen-bond donors (Lipinski definition) is 1.